The lowest BCUT2D eigenvalue weighted by Crippen LogP contribution is -2.38. The van der Waals surface area contributed by atoms with Crippen LogP contribution in [0.5, 0.6) is 5.75 Å². The first-order chi connectivity index (χ1) is 13.0. The third kappa shape index (κ3) is 4.02. The summed E-state index contributed by atoms with van der Waals surface area (Å²) in [6.07, 6.45) is 0. The van der Waals surface area contributed by atoms with E-state index in [-0.39, 0.29) is 6.03 Å². The van der Waals surface area contributed by atoms with Gasteiger partial charge in [0.25, 0.3) is 0 Å². The summed E-state index contributed by atoms with van der Waals surface area (Å²) in [5.74, 6) is 0.773. The van der Waals surface area contributed by atoms with Crippen molar-refractivity contribution in [2.45, 2.75) is 20.5 Å². The van der Waals surface area contributed by atoms with Crippen LogP contribution in [-0.4, -0.2) is 30.9 Å². The molecule has 0 aliphatic carbocycles. The number of amides is 2. The minimum Gasteiger partial charge on any atom is -0.489 e. The van der Waals surface area contributed by atoms with E-state index >= 15 is 0 Å². The molecule has 0 unspecified atom stereocenters. The molecule has 2 N–H and O–H groups in total. The Morgan fingerprint density at radius 1 is 1.19 bits per heavy atom. The number of urea groups is 1. The monoisotopic (exact) mass is 369 g/mol. The van der Waals surface area contributed by atoms with Crippen molar-refractivity contribution in [1.29, 1.82) is 0 Å². The number of benzene rings is 2. The zero-order chi connectivity index (χ0) is 19.4. The highest BCUT2D eigenvalue weighted by molar-refractivity contribution is 5.98. The fourth-order valence-corrected chi connectivity index (χ4v) is 2.77. The molecule has 8 nitrogen and oxygen atoms in total. The second-order valence-electron chi connectivity index (χ2n) is 6.16. The predicted molar refractivity (Wildman–Crippen MR) is 103 cm³/mol. The van der Waals surface area contributed by atoms with E-state index in [9.17, 15) is 4.79 Å². The fourth-order valence-electron chi connectivity index (χ4n) is 2.77. The van der Waals surface area contributed by atoms with Crippen LogP contribution in [0.3, 0.4) is 0 Å². The molecule has 1 fully saturated rings. The highest BCUT2D eigenvalue weighted by Gasteiger charge is 2.28. The summed E-state index contributed by atoms with van der Waals surface area (Å²) in [5, 5.41) is 6.76. The van der Waals surface area contributed by atoms with Crippen molar-refractivity contribution in [3.8, 4) is 5.75 Å². The average Bonchev–Trinajstić information content (AvgIpc) is 3.00. The number of nitrogens with zero attached hydrogens (tertiary/aromatic N) is 3. The molecule has 0 saturated carbocycles. The zero-order valence-electron chi connectivity index (χ0n) is 15.8. The summed E-state index contributed by atoms with van der Waals surface area (Å²) >= 11 is 0. The molecule has 27 heavy (non-hydrogen) atoms. The first kappa shape index (κ1) is 18.7. The number of hydrazine groups is 3. The second kappa shape index (κ2) is 8.07. The first-order valence-corrected chi connectivity index (χ1v) is 8.50. The number of oxime groups is 1. The minimum absolute atomic E-state index is 0.198. The van der Waals surface area contributed by atoms with Crippen LogP contribution in [-0.2, 0) is 11.4 Å². The lowest BCUT2D eigenvalue weighted by atomic mass is 10.1. The van der Waals surface area contributed by atoms with Crippen molar-refractivity contribution in [3.05, 3.63) is 59.2 Å². The molecule has 1 saturated heterocycles. The van der Waals surface area contributed by atoms with Crippen LogP contribution in [0.25, 0.3) is 0 Å². The normalized spacial score (nSPS) is 14.7. The van der Waals surface area contributed by atoms with E-state index in [1.807, 2.05) is 56.3 Å². The van der Waals surface area contributed by atoms with Crippen molar-refractivity contribution in [2.24, 2.45) is 5.16 Å². The number of rotatable bonds is 6. The molecule has 1 aliphatic heterocycles. The van der Waals surface area contributed by atoms with Crippen molar-refractivity contribution in [2.75, 3.05) is 19.2 Å². The van der Waals surface area contributed by atoms with Gasteiger partial charge in [0.1, 0.15) is 19.5 Å². The van der Waals surface area contributed by atoms with E-state index in [4.69, 9.17) is 9.57 Å². The maximum atomic E-state index is 12.2. The molecule has 1 aliphatic rings. The molecular formula is C19H23N5O3. The Morgan fingerprint density at radius 2 is 1.96 bits per heavy atom. The lowest BCUT2D eigenvalue weighted by Gasteiger charge is -2.18. The standard InChI is InChI=1S/C19H23N5O3/c1-13-11-15(14(2)20-26-4)9-10-18(13)27-12-16-7-5-6-8-17(16)24-19(25)23(3)21-22-24/h5-11,21-22H,12H2,1-4H3/b20-14+. The Bertz CT molecular complexity index is 868. The summed E-state index contributed by atoms with van der Waals surface area (Å²) < 4.78 is 6.01. The van der Waals surface area contributed by atoms with Crippen molar-refractivity contribution < 1.29 is 14.4 Å². The molecule has 1 heterocycles. The van der Waals surface area contributed by atoms with Crippen LogP contribution >= 0.6 is 0 Å². The highest BCUT2D eigenvalue weighted by Crippen LogP contribution is 2.25. The van der Waals surface area contributed by atoms with Crippen LogP contribution in [0.4, 0.5) is 10.5 Å². The number of ether oxygens (including phenoxy) is 1. The third-order valence-electron chi connectivity index (χ3n) is 4.24. The number of carbonyl (C=O) groups excluding carboxylic acids is 1. The molecule has 0 atom stereocenters. The lowest BCUT2D eigenvalue weighted by molar-refractivity contribution is 0.213. The Hall–Kier alpha value is -3.10. The molecule has 0 aromatic heterocycles. The third-order valence-corrected chi connectivity index (χ3v) is 4.24. The number of hydrogen-bond donors (Lipinski definition) is 2. The number of anilines is 1. The van der Waals surface area contributed by atoms with Gasteiger partial charge in [0.05, 0.1) is 11.4 Å². The number of para-hydroxylation sites is 1. The van der Waals surface area contributed by atoms with E-state index in [0.717, 1.165) is 33.8 Å². The van der Waals surface area contributed by atoms with E-state index in [0.29, 0.717) is 6.61 Å². The number of carbonyl (C=O) groups is 1. The van der Waals surface area contributed by atoms with Gasteiger partial charge in [0, 0.05) is 12.6 Å². The van der Waals surface area contributed by atoms with Gasteiger partial charge in [-0.05, 0) is 49.2 Å². The van der Waals surface area contributed by atoms with Gasteiger partial charge in [-0.1, -0.05) is 23.4 Å². The average molecular weight is 369 g/mol. The Labute approximate surface area is 158 Å². The van der Waals surface area contributed by atoms with Crippen LogP contribution in [0.2, 0.25) is 0 Å². The molecule has 2 aromatic rings. The van der Waals surface area contributed by atoms with E-state index in [2.05, 4.69) is 16.2 Å². The fraction of sp³-hybridized carbons (Fsp3) is 0.263. The van der Waals surface area contributed by atoms with Gasteiger partial charge in [-0.15, -0.1) is 11.1 Å². The Morgan fingerprint density at radius 3 is 2.63 bits per heavy atom. The van der Waals surface area contributed by atoms with Gasteiger partial charge in [-0.3, -0.25) is 0 Å². The van der Waals surface area contributed by atoms with Gasteiger partial charge in [-0.25, -0.2) is 14.8 Å². The Kier molecular flexibility index (Phi) is 5.58. The second-order valence-corrected chi connectivity index (χ2v) is 6.16. The minimum atomic E-state index is -0.198. The van der Waals surface area contributed by atoms with Crippen LogP contribution < -0.4 is 20.8 Å². The van der Waals surface area contributed by atoms with E-state index in [1.54, 1.807) is 7.05 Å². The topological polar surface area (TPSA) is 78.4 Å². The number of aryl methyl sites for hydroxylation is 1. The van der Waals surface area contributed by atoms with Gasteiger partial charge < -0.3 is 9.57 Å². The van der Waals surface area contributed by atoms with Crippen molar-refractivity contribution in [1.82, 2.24) is 16.1 Å². The Balaban J connectivity index is 1.76. The molecule has 142 valence electrons. The van der Waals surface area contributed by atoms with Gasteiger partial charge >= 0.3 is 6.03 Å². The van der Waals surface area contributed by atoms with Gasteiger partial charge in [0.15, 0.2) is 0 Å². The number of hydrogen-bond acceptors (Lipinski definition) is 6. The van der Waals surface area contributed by atoms with Crippen molar-refractivity contribution in [3.63, 3.8) is 0 Å². The molecule has 3 rings (SSSR count). The van der Waals surface area contributed by atoms with Crippen molar-refractivity contribution >= 4 is 17.4 Å². The largest absolute Gasteiger partial charge is 0.489 e. The van der Waals surface area contributed by atoms with E-state index < -0.39 is 0 Å². The maximum Gasteiger partial charge on any atom is 0.355 e. The predicted octanol–water partition coefficient (Wildman–Crippen LogP) is 2.74. The zero-order valence-corrected chi connectivity index (χ0v) is 15.8. The van der Waals surface area contributed by atoms with Gasteiger partial charge in [0.2, 0.25) is 0 Å². The first-order valence-electron chi connectivity index (χ1n) is 8.50. The highest BCUT2D eigenvalue weighted by atomic mass is 16.6. The smallest absolute Gasteiger partial charge is 0.355 e. The van der Waals surface area contributed by atoms with Crippen LogP contribution in [0.15, 0.2) is 47.6 Å². The SMILES string of the molecule is CO/N=C(\C)c1ccc(OCc2ccccc2N2NNN(C)C2=O)c(C)c1. The van der Waals surface area contributed by atoms with Crippen LogP contribution in [0.1, 0.15) is 23.6 Å². The van der Waals surface area contributed by atoms with Crippen LogP contribution in [0, 0.1) is 6.92 Å². The summed E-state index contributed by atoms with van der Waals surface area (Å²) in [5.41, 5.74) is 9.97. The number of nitrogens with one attached hydrogen (secondary N) is 2. The quantitative estimate of drug-likeness (QED) is 0.605. The molecular weight excluding hydrogens is 346 g/mol. The molecule has 2 aromatic carbocycles. The molecule has 0 radical (unpaired) electrons. The summed E-state index contributed by atoms with van der Waals surface area (Å²) in [4.78, 5) is 17.0. The molecule has 2 amide bonds. The van der Waals surface area contributed by atoms with E-state index in [1.165, 1.54) is 17.1 Å². The maximum absolute atomic E-state index is 12.2. The summed E-state index contributed by atoms with van der Waals surface area (Å²) in [6.45, 7) is 4.20. The molecule has 0 spiro atoms. The van der Waals surface area contributed by atoms with Gasteiger partial charge in [-0.2, -0.15) is 0 Å². The summed E-state index contributed by atoms with van der Waals surface area (Å²) in [7, 11) is 3.17. The molecule has 8 heteroatoms. The summed E-state index contributed by atoms with van der Waals surface area (Å²) in [6, 6.07) is 13.3. The molecule has 0 bridgehead atoms.